The van der Waals surface area contributed by atoms with Crippen LogP contribution in [0.5, 0.6) is 0 Å². The second kappa shape index (κ2) is 6.84. The van der Waals surface area contributed by atoms with Gasteiger partial charge < -0.3 is 9.53 Å². The molecule has 0 spiro atoms. The van der Waals surface area contributed by atoms with Crippen LogP contribution in [0.15, 0.2) is 24.3 Å². The highest BCUT2D eigenvalue weighted by molar-refractivity contribution is 5.89. The summed E-state index contributed by atoms with van der Waals surface area (Å²) in [6.07, 6.45) is 3.38. The third kappa shape index (κ3) is 3.70. The summed E-state index contributed by atoms with van der Waals surface area (Å²) in [4.78, 5) is 21.6. The fourth-order valence-electron chi connectivity index (χ4n) is 1.88. The normalized spacial score (nSPS) is 11.9. The summed E-state index contributed by atoms with van der Waals surface area (Å²) < 4.78 is 4.64. The smallest absolute Gasteiger partial charge is 0.337 e. The van der Waals surface area contributed by atoms with Gasteiger partial charge >= 0.3 is 5.97 Å². The lowest BCUT2D eigenvalue weighted by atomic mass is 9.91. The van der Waals surface area contributed by atoms with Crippen LogP contribution in [0, 0.1) is 0 Å². The van der Waals surface area contributed by atoms with Gasteiger partial charge in [0.15, 0.2) is 0 Å². The maximum absolute atomic E-state index is 11.3. The van der Waals surface area contributed by atoms with Crippen LogP contribution in [0.4, 0.5) is 0 Å². The first-order valence-electron chi connectivity index (χ1n) is 5.84. The molecule has 0 aliphatic carbocycles. The lowest BCUT2D eigenvalue weighted by molar-refractivity contribution is -0.108. The fourth-order valence-corrected chi connectivity index (χ4v) is 1.88. The van der Waals surface area contributed by atoms with Crippen molar-refractivity contribution in [3.8, 4) is 0 Å². The number of hydrogen-bond acceptors (Lipinski definition) is 3. The molecule has 0 saturated heterocycles. The third-order valence-corrected chi connectivity index (χ3v) is 2.93. The molecule has 0 bridgehead atoms. The molecule has 1 aromatic rings. The van der Waals surface area contributed by atoms with E-state index in [-0.39, 0.29) is 5.97 Å². The molecule has 92 valence electrons. The predicted molar refractivity (Wildman–Crippen MR) is 66.1 cm³/mol. The lowest BCUT2D eigenvalue weighted by Gasteiger charge is -2.14. The molecule has 1 aromatic carbocycles. The van der Waals surface area contributed by atoms with Crippen LogP contribution in [-0.4, -0.2) is 19.4 Å². The molecule has 17 heavy (non-hydrogen) atoms. The zero-order valence-electron chi connectivity index (χ0n) is 10.3. The highest BCUT2D eigenvalue weighted by Crippen LogP contribution is 2.24. The first kappa shape index (κ1) is 13.4. The van der Waals surface area contributed by atoms with Crippen molar-refractivity contribution in [3.63, 3.8) is 0 Å². The van der Waals surface area contributed by atoms with Crippen molar-refractivity contribution in [2.45, 2.75) is 32.1 Å². The summed E-state index contributed by atoms with van der Waals surface area (Å²) in [5, 5.41) is 0. The molecule has 0 N–H and O–H groups in total. The van der Waals surface area contributed by atoms with Crippen molar-refractivity contribution in [3.05, 3.63) is 35.4 Å². The van der Waals surface area contributed by atoms with Gasteiger partial charge in [-0.1, -0.05) is 19.1 Å². The molecule has 0 heterocycles. The molecule has 0 aliphatic rings. The summed E-state index contributed by atoms with van der Waals surface area (Å²) in [5.41, 5.74) is 1.73. The lowest BCUT2D eigenvalue weighted by Crippen LogP contribution is -2.03. The van der Waals surface area contributed by atoms with Crippen molar-refractivity contribution in [1.82, 2.24) is 0 Å². The van der Waals surface area contributed by atoms with Crippen LogP contribution in [-0.2, 0) is 9.53 Å². The number of carbonyl (C=O) groups excluding carboxylic acids is 2. The molecule has 0 aromatic heterocycles. The topological polar surface area (TPSA) is 43.4 Å². The number of ether oxygens (including phenoxy) is 1. The minimum Gasteiger partial charge on any atom is -0.465 e. The van der Waals surface area contributed by atoms with E-state index in [4.69, 9.17) is 0 Å². The molecule has 1 atom stereocenters. The summed E-state index contributed by atoms with van der Waals surface area (Å²) >= 11 is 0. The SMILES string of the molecule is CC[C@@H](CCC=O)c1ccc(C(=O)OC)cc1. The molecular formula is C14H18O3. The Bertz CT molecular complexity index is 368. The van der Waals surface area contributed by atoms with Crippen molar-refractivity contribution in [2.75, 3.05) is 7.11 Å². The number of benzene rings is 1. The van der Waals surface area contributed by atoms with Crippen molar-refractivity contribution in [2.24, 2.45) is 0 Å². The van der Waals surface area contributed by atoms with Crippen LogP contribution in [0.25, 0.3) is 0 Å². The van der Waals surface area contributed by atoms with Crippen LogP contribution in [0.3, 0.4) is 0 Å². The Morgan fingerprint density at radius 3 is 2.47 bits per heavy atom. The first-order chi connectivity index (χ1) is 8.22. The van der Waals surface area contributed by atoms with Crippen LogP contribution in [0.1, 0.15) is 48.0 Å². The van der Waals surface area contributed by atoms with E-state index in [1.54, 1.807) is 12.1 Å². The van der Waals surface area contributed by atoms with Gasteiger partial charge in [0, 0.05) is 6.42 Å². The third-order valence-electron chi connectivity index (χ3n) is 2.93. The van der Waals surface area contributed by atoms with Gasteiger partial charge in [0.05, 0.1) is 12.7 Å². The van der Waals surface area contributed by atoms with Gasteiger partial charge in [-0.2, -0.15) is 0 Å². The maximum Gasteiger partial charge on any atom is 0.337 e. The van der Waals surface area contributed by atoms with Crippen LogP contribution < -0.4 is 0 Å². The fraction of sp³-hybridized carbons (Fsp3) is 0.429. The van der Waals surface area contributed by atoms with Crippen molar-refractivity contribution in [1.29, 1.82) is 0 Å². The van der Waals surface area contributed by atoms with E-state index in [0.717, 1.165) is 19.1 Å². The molecule has 0 unspecified atom stereocenters. The Hall–Kier alpha value is -1.64. The maximum atomic E-state index is 11.3. The van der Waals surface area contributed by atoms with Crippen LogP contribution in [0.2, 0.25) is 0 Å². The quantitative estimate of drug-likeness (QED) is 0.561. The standard InChI is InChI=1S/C14H18O3/c1-3-11(5-4-10-15)12-6-8-13(9-7-12)14(16)17-2/h6-11H,3-5H2,1-2H3/t11-/m0/s1. The predicted octanol–water partition coefficient (Wildman–Crippen LogP) is 2.95. The van der Waals surface area contributed by atoms with Gasteiger partial charge in [-0.15, -0.1) is 0 Å². The second-order valence-corrected chi connectivity index (χ2v) is 3.96. The second-order valence-electron chi connectivity index (χ2n) is 3.96. The van der Waals surface area contributed by atoms with Gasteiger partial charge in [0.25, 0.3) is 0 Å². The number of esters is 1. The number of hydrogen-bond donors (Lipinski definition) is 0. The zero-order valence-corrected chi connectivity index (χ0v) is 10.3. The van der Waals surface area contributed by atoms with E-state index in [2.05, 4.69) is 11.7 Å². The number of aldehydes is 1. The molecule has 0 aliphatic heterocycles. The molecule has 3 nitrogen and oxygen atoms in total. The van der Waals surface area contributed by atoms with Gasteiger partial charge in [0.1, 0.15) is 6.29 Å². The van der Waals surface area contributed by atoms with E-state index in [1.807, 2.05) is 12.1 Å². The first-order valence-corrected chi connectivity index (χ1v) is 5.84. The Labute approximate surface area is 102 Å². The highest BCUT2D eigenvalue weighted by Gasteiger charge is 2.10. The molecule has 3 heteroatoms. The van der Waals surface area contributed by atoms with Crippen LogP contribution >= 0.6 is 0 Å². The Morgan fingerprint density at radius 2 is 2.00 bits per heavy atom. The average Bonchev–Trinajstić information content (AvgIpc) is 2.39. The molecule has 1 rings (SSSR count). The summed E-state index contributed by atoms with van der Waals surface area (Å²) in [6.45, 7) is 2.10. The van der Waals surface area contributed by atoms with E-state index < -0.39 is 0 Å². The minimum atomic E-state index is -0.322. The molecule has 0 amide bonds. The van der Waals surface area contributed by atoms with E-state index in [9.17, 15) is 9.59 Å². The summed E-state index contributed by atoms with van der Waals surface area (Å²) in [5.74, 6) is 0.0596. The average molecular weight is 234 g/mol. The summed E-state index contributed by atoms with van der Waals surface area (Å²) in [6, 6.07) is 7.41. The Balaban J connectivity index is 2.77. The van der Waals surface area contributed by atoms with E-state index in [0.29, 0.717) is 17.9 Å². The molecule has 0 fully saturated rings. The van der Waals surface area contributed by atoms with E-state index >= 15 is 0 Å². The van der Waals surface area contributed by atoms with Gasteiger partial charge in [-0.3, -0.25) is 0 Å². The van der Waals surface area contributed by atoms with Gasteiger partial charge in [-0.25, -0.2) is 4.79 Å². The van der Waals surface area contributed by atoms with Crippen molar-refractivity contribution >= 4 is 12.3 Å². The molecular weight excluding hydrogens is 216 g/mol. The largest absolute Gasteiger partial charge is 0.465 e. The highest BCUT2D eigenvalue weighted by atomic mass is 16.5. The van der Waals surface area contributed by atoms with Gasteiger partial charge in [0.2, 0.25) is 0 Å². The number of methoxy groups -OCH3 is 1. The molecule has 0 saturated carbocycles. The monoisotopic (exact) mass is 234 g/mol. The van der Waals surface area contributed by atoms with E-state index in [1.165, 1.54) is 12.7 Å². The van der Waals surface area contributed by atoms with Gasteiger partial charge in [-0.05, 0) is 36.5 Å². The zero-order chi connectivity index (χ0) is 12.7. The Kier molecular flexibility index (Phi) is 5.40. The summed E-state index contributed by atoms with van der Waals surface area (Å²) in [7, 11) is 1.37. The minimum absolute atomic E-state index is 0.322. The number of rotatable bonds is 6. The van der Waals surface area contributed by atoms with Crippen molar-refractivity contribution < 1.29 is 14.3 Å². The Morgan fingerprint density at radius 1 is 1.35 bits per heavy atom. The molecule has 0 radical (unpaired) electrons. The number of carbonyl (C=O) groups is 2.